The Morgan fingerprint density at radius 1 is 0.889 bits per heavy atom. The van der Waals surface area contributed by atoms with E-state index in [1.165, 1.54) is 12.8 Å². The van der Waals surface area contributed by atoms with Crippen molar-refractivity contribution in [3.05, 3.63) is 83.6 Å². The van der Waals surface area contributed by atoms with Gasteiger partial charge in [0.05, 0.1) is 0 Å². The van der Waals surface area contributed by atoms with E-state index in [1.807, 2.05) is 25.1 Å². The fourth-order valence-electron chi connectivity index (χ4n) is 3.96. The van der Waals surface area contributed by atoms with Gasteiger partial charge in [0.2, 0.25) is 0 Å². The topological polar surface area (TPSA) is 22.0 Å². The molecule has 27 heavy (non-hydrogen) atoms. The number of ketones is 1. The lowest BCUT2D eigenvalue weighted by molar-refractivity contribution is 0.104. The quantitative estimate of drug-likeness (QED) is 0.285. The first kappa shape index (κ1) is 17.5. The second kappa shape index (κ2) is 7.40. The number of carbonyl (C=O) groups is 1. The van der Waals surface area contributed by atoms with Crippen LogP contribution in [0.3, 0.4) is 0 Å². The molecule has 0 aliphatic carbocycles. The van der Waals surface area contributed by atoms with Crippen LogP contribution in [0.15, 0.2) is 66.9 Å². The Labute approximate surface area is 160 Å². The molecule has 136 valence electrons. The lowest BCUT2D eigenvalue weighted by Gasteiger charge is -2.09. The van der Waals surface area contributed by atoms with Crippen LogP contribution in [0.4, 0.5) is 0 Å². The van der Waals surface area contributed by atoms with E-state index < -0.39 is 0 Å². The maximum Gasteiger partial charge on any atom is 0.196 e. The maximum absolute atomic E-state index is 13.6. The van der Waals surface area contributed by atoms with Crippen LogP contribution in [0.25, 0.3) is 21.7 Å². The first-order valence-electron chi connectivity index (χ1n) is 9.81. The van der Waals surface area contributed by atoms with Crippen LogP contribution in [0, 0.1) is 6.92 Å². The zero-order valence-electron chi connectivity index (χ0n) is 16.0. The highest BCUT2D eigenvalue weighted by atomic mass is 16.1. The predicted octanol–water partition coefficient (Wildman–Crippen LogP) is 6.52. The van der Waals surface area contributed by atoms with Crippen LogP contribution in [-0.2, 0) is 6.54 Å². The number of benzene rings is 3. The molecule has 0 amide bonds. The Morgan fingerprint density at radius 2 is 1.63 bits per heavy atom. The third-order valence-corrected chi connectivity index (χ3v) is 5.40. The highest BCUT2D eigenvalue weighted by Crippen LogP contribution is 2.29. The Balaban J connectivity index is 1.86. The van der Waals surface area contributed by atoms with E-state index in [-0.39, 0.29) is 5.78 Å². The number of rotatable bonds is 6. The van der Waals surface area contributed by atoms with Gasteiger partial charge in [-0.05, 0) is 35.7 Å². The first-order valence-corrected chi connectivity index (χ1v) is 9.81. The van der Waals surface area contributed by atoms with Crippen LogP contribution in [0.5, 0.6) is 0 Å². The number of fused-ring (bicyclic) bond motifs is 2. The van der Waals surface area contributed by atoms with E-state index in [9.17, 15) is 4.79 Å². The molecule has 0 spiro atoms. The molecule has 0 unspecified atom stereocenters. The predicted molar refractivity (Wildman–Crippen MR) is 114 cm³/mol. The Hall–Kier alpha value is -2.87. The highest BCUT2D eigenvalue weighted by Gasteiger charge is 2.20. The second-order valence-electron chi connectivity index (χ2n) is 7.27. The number of nitrogens with zero attached hydrogens (tertiary/aromatic N) is 1. The minimum atomic E-state index is 0.120. The van der Waals surface area contributed by atoms with E-state index in [4.69, 9.17) is 0 Å². The normalized spacial score (nSPS) is 11.3. The highest BCUT2D eigenvalue weighted by molar-refractivity contribution is 6.22. The summed E-state index contributed by atoms with van der Waals surface area (Å²) in [5, 5.41) is 3.19. The van der Waals surface area contributed by atoms with Crippen LogP contribution >= 0.6 is 0 Å². The number of aryl methyl sites for hydroxylation is 2. The molecule has 2 heteroatoms. The smallest absolute Gasteiger partial charge is 0.196 e. The number of carbonyl (C=O) groups excluding carboxylic acids is 1. The van der Waals surface area contributed by atoms with Gasteiger partial charge in [0, 0.05) is 34.8 Å². The lowest BCUT2D eigenvalue weighted by Crippen LogP contribution is -2.04. The number of unbranched alkanes of at least 4 members (excludes halogenated alkanes) is 2. The van der Waals surface area contributed by atoms with Crippen molar-refractivity contribution in [2.24, 2.45) is 0 Å². The van der Waals surface area contributed by atoms with Gasteiger partial charge >= 0.3 is 0 Å². The third kappa shape index (κ3) is 3.16. The number of hydrogen-bond acceptors (Lipinski definition) is 1. The largest absolute Gasteiger partial charge is 0.347 e. The van der Waals surface area contributed by atoms with Gasteiger partial charge in [-0.25, -0.2) is 0 Å². The number of aromatic nitrogens is 1. The third-order valence-electron chi connectivity index (χ3n) is 5.40. The van der Waals surface area contributed by atoms with Crippen LogP contribution in [0.2, 0.25) is 0 Å². The summed E-state index contributed by atoms with van der Waals surface area (Å²) < 4.78 is 2.25. The molecule has 0 aliphatic rings. The molecule has 4 rings (SSSR count). The molecular weight excluding hydrogens is 330 g/mol. The van der Waals surface area contributed by atoms with Crippen molar-refractivity contribution in [2.45, 2.75) is 39.7 Å². The fourth-order valence-corrected chi connectivity index (χ4v) is 3.96. The lowest BCUT2D eigenvalue weighted by atomic mass is 9.93. The van der Waals surface area contributed by atoms with Crippen molar-refractivity contribution in [2.75, 3.05) is 0 Å². The van der Waals surface area contributed by atoms with Gasteiger partial charge in [-0.3, -0.25) is 4.79 Å². The minimum Gasteiger partial charge on any atom is -0.347 e. The molecule has 0 bridgehead atoms. The number of para-hydroxylation sites is 1. The molecule has 1 aromatic heterocycles. The summed E-state index contributed by atoms with van der Waals surface area (Å²) in [6.45, 7) is 5.20. The van der Waals surface area contributed by atoms with Gasteiger partial charge < -0.3 is 4.57 Å². The summed E-state index contributed by atoms with van der Waals surface area (Å²) in [6, 6.07) is 20.5. The summed E-state index contributed by atoms with van der Waals surface area (Å²) in [5.74, 6) is 0.120. The molecule has 0 N–H and O–H groups in total. The van der Waals surface area contributed by atoms with Gasteiger partial charge in [0.15, 0.2) is 5.78 Å². The molecule has 1 heterocycles. The molecule has 0 radical (unpaired) electrons. The van der Waals surface area contributed by atoms with Crippen LogP contribution in [0.1, 0.15) is 47.7 Å². The van der Waals surface area contributed by atoms with Crippen molar-refractivity contribution in [3.8, 4) is 0 Å². The average Bonchev–Trinajstić information content (AvgIpc) is 3.07. The number of hydrogen-bond donors (Lipinski definition) is 0. The Kier molecular flexibility index (Phi) is 4.81. The van der Waals surface area contributed by atoms with Crippen LogP contribution in [-0.4, -0.2) is 10.4 Å². The molecule has 0 fully saturated rings. The Bertz CT molecular complexity index is 1120. The molecule has 0 saturated carbocycles. The molecule has 4 aromatic rings. The van der Waals surface area contributed by atoms with E-state index in [1.54, 1.807) is 0 Å². The summed E-state index contributed by atoms with van der Waals surface area (Å²) >= 11 is 0. The van der Waals surface area contributed by atoms with Gasteiger partial charge in [-0.15, -0.1) is 0 Å². The maximum atomic E-state index is 13.6. The van der Waals surface area contributed by atoms with E-state index >= 15 is 0 Å². The second-order valence-corrected chi connectivity index (χ2v) is 7.27. The van der Waals surface area contributed by atoms with Crippen molar-refractivity contribution < 1.29 is 4.79 Å². The molecule has 2 nitrogen and oxygen atoms in total. The van der Waals surface area contributed by atoms with Gasteiger partial charge in [0.1, 0.15) is 0 Å². The molecule has 0 atom stereocenters. The van der Waals surface area contributed by atoms with Crippen molar-refractivity contribution in [1.29, 1.82) is 0 Å². The van der Waals surface area contributed by atoms with E-state index in [2.05, 4.69) is 60.2 Å². The fraction of sp³-hybridized carbons (Fsp3) is 0.240. The summed E-state index contributed by atoms with van der Waals surface area (Å²) in [5.41, 5.74) is 3.81. The van der Waals surface area contributed by atoms with E-state index in [0.29, 0.717) is 0 Å². The summed E-state index contributed by atoms with van der Waals surface area (Å²) in [7, 11) is 0. The zero-order valence-corrected chi connectivity index (χ0v) is 16.0. The minimum absolute atomic E-state index is 0.120. The van der Waals surface area contributed by atoms with Crippen molar-refractivity contribution >= 4 is 27.5 Å². The van der Waals surface area contributed by atoms with Crippen LogP contribution < -0.4 is 0 Å². The Morgan fingerprint density at radius 3 is 2.44 bits per heavy atom. The standard InChI is InChI=1S/C25H25NO/c1-3-4-9-16-26-17-22(21-12-7-8-13-23(21)26)25(27)24-18(2)14-15-19-10-5-6-11-20(19)24/h5-8,10-15,17H,3-4,9,16H2,1-2H3. The van der Waals surface area contributed by atoms with E-state index in [0.717, 1.165) is 51.3 Å². The summed E-state index contributed by atoms with van der Waals surface area (Å²) in [6.07, 6.45) is 5.60. The monoisotopic (exact) mass is 355 g/mol. The molecule has 0 aliphatic heterocycles. The molecular formula is C25H25NO. The van der Waals surface area contributed by atoms with Crippen molar-refractivity contribution in [3.63, 3.8) is 0 Å². The average molecular weight is 355 g/mol. The van der Waals surface area contributed by atoms with Gasteiger partial charge in [-0.1, -0.05) is 74.4 Å². The van der Waals surface area contributed by atoms with Gasteiger partial charge in [-0.2, -0.15) is 0 Å². The SMILES string of the molecule is CCCCCn1cc(C(=O)c2c(C)ccc3ccccc23)c2ccccc21. The first-order chi connectivity index (χ1) is 13.2. The summed E-state index contributed by atoms with van der Waals surface area (Å²) in [4.78, 5) is 13.6. The van der Waals surface area contributed by atoms with Gasteiger partial charge in [0.25, 0.3) is 0 Å². The molecule has 3 aromatic carbocycles. The molecule has 0 saturated heterocycles. The van der Waals surface area contributed by atoms with Crippen molar-refractivity contribution in [1.82, 2.24) is 4.57 Å². The zero-order chi connectivity index (χ0) is 18.8.